The Bertz CT molecular complexity index is 347. The fraction of sp³-hybridized carbons (Fsp3) is 0.111. The molecule has 1 rings (SSSR count). The van der Waals surface area contributed by atoms with Crippen molar-refractivity contribution < 1.29 is 0 Å². The van der Waals surface area contributed by atoms with Gasteiger partial charge in [-0.2, -0.15) is 0 Å². The van der Waals surface area contributed by atoms with Crippen molar-refractivity contribution in [3.05, 3.63) is 34.3 Å². The predicted octanol–water partition coefficient (Wildman–Crippen LogP) is 1.82. The van der Waals surface area contributed by atoms with E-state index in [9.17, 15) is 0 Å². The van der Waals surface area contributed by atoms with Gasteiger partial charge in [0.2, 0.25) is 0 Å². The van der Waals surface area contributed by atoms with E-state index in [-0.39, 0.29) is 5.84 Å². The summed E-state index contributed by atoms with van der Waals surface area (Å²) >= 11 is 5.91. The first-order chi connectivity index (χ1) is 6.15. The van der Waals surface area contributed by atoms with Crippen LogP contribution in [0.4, 0.5) is 0 Å². The zero-order valence-electron chi connectivity index (χ0n) is 7.05. The normalized spacial score (nSPS) is 9.62. The number of benzene rings is 1. The second kappa shape index (κ2) is 4.05. The lowest BCUT2D eigenvalue weighted by atomic mass is 10.1. The Kier molecular flexibility index (Phi) is 3.03. The highest BCUT2D eigenvalue weighted by atomic mass is 35.5. The molecule has 0 aromatic heterocycles. The molecule has 1 aromatic carbocycles. The zero-order valence-corrected chi connectivity index (χ0v) is 7.80. The van der Waals surface area contributed by atoms with E-state index < -0.39 is 0 Å². The van der Waals surface area contributed by atoms with Crippen LogP contribution in [0, 0.1) is 5.41 Å². The minimum absolute atomic E-state index is 0.0139. The number of hydrogen-bond donors (Lipinski definition) is 2. The number of aliphatic imine (C=N–C) groups is 1. The van der Waals surface area contributed by atoms with Crippen LogP contribution >= 0.6 is 11.6 Å². The summed E-state index contributed by atoms with van der Waals surface area (Å²) in [6.07, 6.45) is 0. The molecule has 3 nitrogen and oxygen atoms in total. The summed E-state index contributed by atoms with van der Waals surface area (Å²) in [6.45, 7) is 3.86. The van der Waals surface area contributed by atoms with E-state index in [0.717, 1.165) is 5.56 Å². The van der Waals surface area contributed by atoms with E-state index in [2.05, 4.69) is 11.7 Å². The first kappa shape index (κ1) is 9.74. The van der Waals surface area contributed by atoms with E-state index in [0.29, 0.717) is 17.1 Å². The molecular weight excluding hydrogens is 186 g/mol. The number of nitrogens with one attached hydrogen (secondary N) is 1. The lowest BCUT2D eigenvalue weighted by Gasteiger charge is -2.03. The molecule has 0 saturated carbocycles. The maximum absolute atomic E-state index is 7.19. The Morgan fingerprint density at radius 1 is 1.62 bits per heavy atom. The molecule has 0 fully saturated rings. The molecule has 68 valence electrons. The van der Waals surface area contributed by atoms with Crippen molar-refractivity contribution in [3.63, 3.8) is 0 Å². The summed E-state index contributed by atoms with van der Waals surface area (Å²) in [4.78, 5) is 3.72. The van der Waals surface area contributed by atoms with E-state index >= 15 is 0 Å². The summed E-state index contributed by atoms with van der Waals surface area (Å²) in [5, 5.41) is 7.76. The van der Waals surface area contributed by atoms with Gasteiger partial charge in [0.25, 0.3) is 0 Å². The molecule has 0 atom stereocenters. The maximum atomic E-state index is 7.19. The second-order valence-corrected chi connectivity index (χ2v) is 3.01. The second-order valence-electron chi connectivity index (χ2n) is 2.60. The largest absolute Gasteiger partial charge is 0.384 e. The van der Waals surface area contributed by atoms with Crippen molar-refractivity contribution in [2.24, 2.45) is 10.7 Å². The number of nitrogens with two attached hydrogens (primary N) is 1. The molecule has 0 aliphatic heterocycles. The number of rotatable bonds is 3. The van der Waals surface area contributed by atoms with Crippen LogP contribution in [0.15, 0.2) is 23.2 Å². The first-order valence-corrected chi connectivity index (χ1v) is 4.08. The summed E-state index contributed by atoms with van der Waals surface area (Å²) in [5.41, 5.74) is 6.81. The van der Waals surface area contributed by atoms with Gasteiger partial charge in [-0.15, -0.1) is 0 Å². The van der Waals surface area contributed by atoms with Gasteiger partial charge < -0.3 is 5.73 Å². The summed E-state index contributed by atoms with van der Waals surface area (Å²) < 4.78 is 0. The molecule has 0 aliphatic rings. The molecule has 0 unspecified atom stereocenters. The van der Waals surface area contributed by atoms with Gasteiger partial charge in [0, 0.05) is 10.6 Å². The molecule has 1 aromatic rings. The lowest BCUT2D eigenvalue weighted by molar-refractivity contribution is 1.08. The Hall–Kier alpha value is -1.35. The van der Waals surface area contributed by atoms with Crippen LogP contribution in [0.25, 0.3) is 0 Å². The summed E-state index contributed by atoms with van der Waals surface area (Å²) in [5.74, 6) is 0.0139. The number of halogens is 1. The molecule has 3 N–H and O–H groups in total. The third-order valence-electron chi connectivity index (χ3n) is 1.65. The fourth-order valence-electron chi connectivity index (χ4n) is 0.964. The Labute approximate surface area is 81.8 Å². The van der Waals surface area contributed by atoms with Crippen LogP contribution in [-0.2, 0) is 6.54 Å². The number of amidine groups is 1. The van der Waals surface area contributed by atoms with Crippen molar-refractivity contribution in [3.8, 4) is 0 Å². The molecular formula is C9H10ClN3. The Morgan fingerprint density at radius 2 is 2.31 bits per heavy atom. The SMILES string of the molecule is C=NCc1ccc(C(=N)N)cc1Cl. The highest BCUT2D eigenvalue weighted by Gasteiger charge is 2.02. The van der Waals surface area contributed by atoms with Crippen molar-refractivity contribution in [1.29, 1.82) is 5.41 Å². The van der Waals surface area contributed by atoms with Crippen LogP contribution in [-0.4, -0.2) is 12.6 Å². The molecule has 0 amide bonds. The predicted molar refractivity (Wildman–Crippen MR) is 55.7 cm³/mol. The first-order valence-electron chi connectivity index (χ1n) is 3.70. The van der Waals surface area contributed by atoms with Crippen LogP contribution in [0.3, 0.4) is 0 Å². The van der Waals surface area contributed by atoms with E-state index in [1.165, 1.54) is 0 Å². The van der Waals surface area contributed by atoms with Crippen LogP contribution in [0.2, 0.25) is 5.02 Å². The topological polar surface area (TPSA) is 62.2 Å². The average Bonchev–Trinajstić information content (AvgIpc) is 2.08. The molecule has 0 aliphatic carbocycles. The molecule has 13 heavy (non-hydrogen) atoms. The van der Waals surface area contributed by atoms with Crippen LogP contribution in [0.5, 0.6) is 0 Å². The molecule has 0 saturated heterocycles. The number of nitrogen functional groups attached to an aromatic ring is 1. The minimum Gasteiger partial charge on any atom is -0.384 e. The molecule has 0 bridgehead atoms. The molecule has 4 heteroatoms. The Balaban J connectivity index is 3.04. The van der Waals surface area contributed by atoms with Crippen LogP contribution in [0.1, 0.15) is 11.1 Å². The number of hydrogen-bond acceptors (Lipinski definition) is 2. The van der Waals surface area contributed by atoms with Gasteiger partial charge in [-0.25, -0.2) is 0 Å². The Morgan fingerprint density at radius 3 is 2.77 bits per heavy atom. The van der Waals surface area contributed by atoms with E-state index in [1.54, 1.807) is 18.2 Å². The monoisotopic (exact) mass is 195 g/mol. The van der Waals surface area contributed by atoms with Gasteiger partial charge in [-0.3, -0.25) is 10.4 Å². The third-order valence-corrected chi connectivity index (χ3v) is 2.00. The van der Waals surface area contributed by atoms with Crippen molar-refractivity contribution in [2.75, 3.05) is 0 Å². The maximum Gasteiger partial charge on any atom is 0.122 e. The molecule has 0 spiro atoms. The van der Waals surface area contributed by atoms with Gasteiger partial charge in [0.1, 0.15) is 5.84 Å². The fourth-order valence-corrected chi connectivity index (χ4v) is 1.20. The van der Waals surface area contributed by atoms with Crippen molar-refractivity contribution in [2.45, 2.75) is 6.54 Å². The summed E-state index contributed by atoms with van der Waals surface area (Å²) in [7, 11) is 0. The van der Waals surface area contributed by atoms with E-state index in [1.807, 2.05) is 0 Å². The van der Waals surface area contributed by atoms with E-state index in [4.69, 9.17) is 22.7 Å². The zero-order chi connectivity index (χ0) is 9.84. The average molecular weight is 196 g/mol. The van der Waals surface area contributed by atoms with Gasteiger partial charge in [-0.1, -0.05) is 23.7 Å². The highest BCUT2D eigenvalue weighted by molar-refractivity contribution is 6.31. The van der Waals surface area contributed by atoms with Crippen LogP contribution < -0.4 is 5.73 Å². The summed E-state index contributed by atoms with van der Waals surface area (Å²) in [6, 6.07) is 5.20. The quantitative estimate of drug-likeness (QED) is 0.561. The molecule has 0 radical (unpaired) electrons. The van der Waals surface area contributed by atoms with Gasteiger partial charge in [0.15, 0.2) is 0 Å². The van der Waals surface area contributed by atoms with Gasteiger partial charge >= 0.3 is 0 Å². The third kappa shape index (κ3) is 2.29. The smallest absolute Gasteiger partial charge is 0.122 e. The van der Waals surface area contributed by atoms with Crippen molar-refractivity contribution >= 4 is 24.2 Å². The van der Waals surface area contributed by atoms with Gasteiger partial charge in [0.05, 0.1) is 6.54 Å². The lowest BCUT2D eigenvalue weighted by Crippen LogP contribution is -2.10. The van der Waals surface area contributed by atoms with Crippen molar-refractivity contribution in [1.82, 2.24) is 0 Å². The minimum atomic E-state index is 0.0139. The number of nitrogens with zero attached hydrogens (tertiary/aromatic N) is 1. The van der Waals surface area contributed by atoms with Gasteiger partial charge in [-0.05, 0) is 18.3 Å². The standard InChI is InChI=1S/C9H10ClN3/c1-13-5-7-3-2-6(9(11)12)4-8(7)10/h2-4H,1,5H2,(H3,11,12). The highest BCUT2D eigenvalue weighted by Crippen LogP contribution is 2.18. The molecule has 0 heterocycles.